The summed E-state index contributed by atoms with van der Waals surface area (Å²) in [7, 11) is 1.00. The van der Waals surface area contributed by atoms with Crippen molar-refractivity contribution in [3.8, 4) is 0 Å². The van der Waals surface area contributed by atoms with Gasteiger partial charge in [-0.3, -0.25) is 0 Å². The van der Waals surface area contributed by atoms with Crippen molar-refractivity contribution >= 4 is 0 Å². The molecule has 0 aromatic carbocycles. The van der Waals surface area contributed by atoms with Gasteiger partial charge >= 0.3 is 0 Å². The van der Waals surface area contributed by atoms with E-state index in [0.29, 0.717) is 0 Å². The van der Waals surface area contributed by atoms with E-state index in [1.54, 1.807) is 0 Å². The molecule has 0 aromatic heterocycles. The van der Waals surface area contributed by atoms with Crippen molar-refractivity contribution in [1.29, 1.82) is 0 Å². The zero-order chi connectivity index (χ0) is 10.4. The molecule has 1 fully saturated rings. The molecule has 0 saturated carbocycles. The van der Waals surface area contributed by atoms with Crippen molar-refractivity contribution in [3.63, 3.8) is 0 Å². The molecule has 5 N–H and O–H groups in total. The maximum absolute atomic E-state index is 9.11. The van der Waals surface area contributed by atoms with E-state index in [2.05, 4.69) is 0 Å². The maximum Gasteiger partial charge on any atom is 0.111 e. The van der Waals surface area contributed by atoms with Gasteiger partial charge in [0.1, 0.15) is 24.4 Å². The fourth-order valence-corrected chi connectivity index (χ4v) is 1.03. The van der Waals surface area contributed by atoms with Crippen LogP contribution in [0.3, 0.4) is 0 Å². The molecular weight excluding hydrogens is 180 g/mol. The lowest BCUT2D eigenvalue weighted by molar-refractivity contribution is -0.195. The number of rotatable bonds is 1. The monoisotopic (exact) mass is 196 g/mol. The minimum absolute atomic E-state index is 0.0521. The lowest BCUT2D eigenvalue weighted by Gasteiger charge is -2.34. The first kappa shape index (κ1) is 12.8. The summed E-state index contributed by atoms with van der Waals surface area (Å²) in [5.74, 6) is 0. The van der Waals surface area contributed by atoms with Gasteiger partial charge in [-0.15, -0.1) is 0 Å². The van der Waals surface area contributed by atoms with Crippen LogP contribution in [-0.4, -0.2) is 70.3 Å². The first-order valence-corrected chi connectivity index (χ1v) is 3.88. The van der Waals surface area contributed by atoms with Gasteiger partial charge in [0.25, 0.3) is 0 Å². The van der Waals surface area contributed by atoms with E-state index < -0.39 is 24.4 Å². The zero-order valence-electron chi connectivity index (χ0n) is 7.37. The average molecular weight is 196 g/mol. The number of ether oxygens (including phenoxy) is 1. The Bertz CT molecular complexity index is 128. The summed E-state index contributed by atoms with van der Waals surface area (Å²) < 4.78 is 4.81. The van der Waals surface area contributed by atoms with Crippen LogP contribution in [0.25, 0.3) is 0 Å². The Labute approximate surface area is 76.0 Å². The first-order valence-electron chi connectivity index (χ1n) is 3.88. The van der Waals surface area contributed by atoms with Gasteiger partial charge in [-0.25, -0.2) is 0 Å². The summed E-state index contributed by atoms with van der Waals surface area (Å²) in [4.78, 5) is 0. The van der Waals surface area contributed by atoms with Crippen LogP contribution >= 0.6 is 0 Å². The smallest absolute Gasteiger partial charge is 0.111 e. The first-order chi connectivity index (χ1) is 6.16. The number of aliphatic hydroxyl groups is 5. The molecule has 0 aliphatic carbocycles. The van der Waals surface area contributed by atoms with Crippen LogP contribution in [0.5, 0.6) is 0 Å². The standard InChI is InChI=1S/C6H12O5.CH4O/c7-1-4-6(10)5(9)3(8)2-11-4;1-2/h3-10H,1-2H2;2H,1H3/t3-,4+,5+,6+;/m0./s1. The summed E-state index contributed by atoms with van der Waals surface area (Å²) >= 11 is 0. The molecule has 4 atom stereocenters. The van der Waals surface area contributed by atoms with Crippen LogP contribution in [0.4, 0.5) is 0 Å². The predicted octanol–water partition coefficient (Wildman–Crippen LogP) is -2.93. The van der Waals surface area contributed by atoms with Gasteiger partial charge in [0.2, 0.25) is 0 Å². The normalized spacial score (nSPS) is 39.2. The fraction of sp³-hybridized carbons (Fsp3) is 1.00. The van der Waals surface area contributed by atoms with E-state index in [4.69, 9.17) is 30.3 Å². The third-order valence-corrected chi connectivity index (χ3v) is 1.79. The molecule has 0 radical (unpaired) electrons. The molecule has 6 nitrogen and oxygen atoms in total. The molecule has 0 unspecified atom stereocenters. The number of hydrogen-bond donors (Lipinski definition) is 5. The minimum atomic E-state index is -1.22. The van der Waals surface area contributed by atoms with E-state index in [0.717, 1.165) is 7.11 Å². The molecule has 1 saturated heterocycles. The van der Waals surface area contributed by atoms with E-state index in [9.17, 15) is 0 Å². The van der Waals surface area contributed by atoms with Crippen molar-refractivity contribution in [2.75, 3.05) is 20.3 Å². The molecule has 1 rings (SSSR count). The Balaban J connectivity index is 0.000000671. The van der Waals surface area contributed by atoms with Crippen LogP contribution in [0.15, 0.2) is 0 Å². The highest BCUT2D eigenvalue weighted by Gasteiger charge is 2.36. The summed E-state index contributed by atoms with van der Waals surface area (Å²) in [6.45, 7) is -0.408. The van der Waals surface area contributed by atoms with Gasteiger partial charge in [0.15, 0.2) is 0 Å². The second-order valence-electron chi connectivity index (χ2n) is 2.60. The summed E-state index contributed by atoms with van der Waals surface area (Å²) in [6.07, 6.45) is -4.27. The third kappa shape index (κ3) is 3.18. The third-order valence-electron chi connectivity index (χ3n) is 1.79. The fourth-order valence-electron chi connectivity index (χ4n) is 1.03. The average Bonchev–Trinajstić information content (AvgIpc) is 2.18. The van der Waals surface area contributed by atoms with Gasteiger partial charge in [0, 0.05) is 7.11 Å². The van der Waals surface area contributed by atoms with Gasteiger partial charge in [-0.1, -0.05) is 0 Å². The summed E-state index contributed by atoms with van der Waals surface area (Å²) in [5.41, 5.74) is 0. The molecule has 0 aromatic rings. The quantitative estimate of drug-likeness (QED) is 0.307. The number of aliphatic hydroxyl groups excluding tert-OH is 5. The summed E-state index contributed by atoms with van der Waals surface area (Å²) in [5, 5.41) is 42.7. The zero-order valence-corrected chi connectivity index (χ0v) is 7.37. The molecule has 1 aliphatic rings. The van der Waals surface area contributed by atoms with Gasteiger partial charge in [0.05, 0.1) is 13.2 Å². The van der Waals surface area contributed by atoms with E-state index in [1.807, 2.05) is 0 Å². The van der Waals surface area contributed by atoms with Crippen molar-refractivity contribution in [2.24, 2.45) is 0 Å². The Kier molecular flexibility index (Phi) is 6.13. The van der Waals surface area contributed by atoms with E-state index in [-0.39, 0.29) is 13.2 Å². The number of hydrogen-bond acceptors (Lipinski definition) is 6. The molecular formula is C7H16O6. The van der Waals surface area contributed by atoms with Crippen molar-refractivity contribution in [1.82, 2.24) is 0 Å². The highest BCUT2D eigenvalue weighted by molar-refractivity contribution is 4.85. The maximum atomic E-state index is 9.11. The second-order valence-corrected chi connectivity index (χ2v) is 2.60. The molecule has 1 heterocycles. The lowest BCUT2D eigenvalue weighted by Crippen LogP contribution is -2.53. The van der Waals surface area contributed by atoms with Gasteiger partial charge in [-0.2, -0.15) is 0 Å². The van der Waals surface area contributed by atoms with Crippen LogP contribution in [0, 0.1) is 0 Å². The Morgan fingerprint density at radius 2 is 1.69 bits per heavy atom. The van der Waals surface area contributed by atoms with Crippen LogP contribution < -0.4 is 0 Å². The molecule has 1 aliphatic heterocycles. The molecule has 0 amide bonds. The Morgan fingerprint density at radius 1 is 1.15 bits per heavy atom. The predicted molar refractivity (Wildman–Crippen MR) is 43.0 cm³/mol. The van der Waals surface area contributed by atoms with Crippen LogP contribution in [-0.2, 0) is 4.74 Å². The largest absolute Gasteiger partial charge is 0.400 e. The minimum Gasteiger partial charge on any atom is -0.400 e. The topological polar surface area (TPSA) is 110 Å². The van der Waals surface area contributed by atoms with Crippen molar-refractivity contribution < 1.29 is 30.3 Å². The lowest BCUT2D eigenvalue weighted by atomic mass is 10.0. The highest BCUT2D eigenvalue weighted by Crippen LogP contribution is 2.14. The van der Waals surface area contributed by atoms with Crippen molar-refractivity contribution in [2.45, 2.75) is 24.4 Å². The molecule has 0 bridgehead atoms. The Hall–Kier alpha value is -0.240. The van der Waals surface area contributed by atoms with Crippen molar-refractivity contribution in [3.05, 3.63) is 0 Å². The van der Waals surface area contributed by atoms with E-state index in [1.165, 1.54) is 0 Å². The molecule has 6 heteroatoms. The highest BCUT2D eigenvalue weighted by atomic mass is 16.5. The molecule has 80 valence electrons. The summed E-state index contributed by atoms with van der Waals surface area (Å²) in [6, 6.07) is 0. The van der Waals surface area contributed by atoms with Crippen LogP contribution in [0.1, 0.15) is 0 Å². The Morgan fingerprint density at radius 3 is 2.15 bits per heavy atom. The van der Waals surface area contributed by atoms with Crippen LogP contribution in [0.2, 0.25) is 0 Å². The van der Waals surface area contributed by atoms with Gasteiger partial charge < -0.3 is 30.3 Å². The molecule has 0 spiro atoms. The SMILES string of the molecule is CO.OC[C@H]1OC[C@H](O)[C@@H](O)[C@@H]1O. The van der Waals surface area contributed by atoms with E-state index >= 15 is 0 Å². The van der Waals surface area contributed by atoms with Gasteiger partial charge in [-0.05, 0) is 0 Å². The second kappa shape index (κ2) is 6.25. The molecule has 13 heavy (non-hydrogen) atoms.